The summed E-state index contributed by atoms with van der Waals surface area (Å²) in [4.78, 5) is 27.9. The van der Waals surface area contributed by atoms with E-state index in [1.807, 2.05) is 6.92 Å². The average Bonchev–Trinajstić information content (AvgIpc) is 2.88. The molecule has 0 saturated carbocycles. The fourth-order valence-corrected chi connectivity index (χ4v) is 2.41. The van der Waals surface area contributed by atoms with E-state index in [4.69, 9.17) is 4.52 Å². The van der Waals surface area contributed by atoms with Gasteiger partial charge in [-0.15, -0.1) is 0 Å². The van der Waals surface area contributed by atoms with Crippen LogP contribution in [0.2, 0.25) is 0 Å². The van der Waals surface area contributed by atoms with Crippen LogP contribution in [-0.4, -0.2) is 66.5 Å². The molecular formula is C14H22N4O3. The number of carbonyl (C=O) groups is 2. The molecule has 1 aliphatic rings. The Hall–Kier alpha value is -1.89. The molecule has 2 rings (SSSR count). The van der Waals surface area contributed by atoms with E-state index in [1.54, 1.807) is 18.9 Å². The van der Waals surface area contributed by atoms with Gasteiger partial charge in [-0.2, -0.15) is 0 Å². The van der Waals surface area contributed by atoms with Crippen molar-refractivity contribution in [3.63, 3.8) is 0 Å². The van der Waals surface area contributed by atoms with Crippen molar-refractivity contribution < 1.29 is 14.1 Å². The van der Waals surface area contributed by atoms with Crippen LogP contribution < -0.4 is 5.32 Å². The first kappa shape index (κ1) is 15.5. The third-order valence-electron chi connectivity index (χ3n) is 3.66. The summed E-state index contributed by atoms with van der Waals surface area (Å²) >= 11 is 0. The molecule has 0 aromatic carbocycles. The molecule has 1 aromatic rings. The minimum atomic E-state index is -0.214. The number of piperazine rings is 1. The smallest absolute Gasteiger partial charge is 0.259 e. The lowest BCUT2D eigenvalue weighted by Gasteiger charge is -2.29. The van der Waals surface area contributed by atoms with Crippen LogP contribution in [0.25, 0.3) is 0 Å². The van der Waals surface area contributed by atoms with E-state index in [-0.39, 0.29) is 18.4 Å². The zero-order valence-electron chi connectivity index (χ0n) is 12.8. The highest BCUT2D eigenvalue weighted by Gasteiger charge is 2.25. The summed E-state index contributed by atoms with van der Waals surface area (Å²) in [6.45, 7) is 6.69. The Labute approximate surface area is 124 Å². The van der Waals surface area contributed by atoms with E-state index in [0.717, 1.165) is 13.1 Å². The van der Waals surface area contributed by atoms with E-state index in [2.05, 4.69) is 10.5 Å². The van der Waals surface area contributed by atoms with Gasteiger partial charge in [0.05, 0.1) is 12.2 Å². The number of carbonyl (C=O) groups excluding carboxylic acids is 2. The number of nitrogens with zero attached hydrogens (tertiary/aromatic N) is 3. The number of hydrogen-bond acceptors (Lipinski definition) is 5. The van der Waals surface area contributed by atoms with Gasteiger partial charge in [0.25, 0.3) is 5.91 Å². The molecule has 1 fully saturated rings. The molecule has 0 spiro atoms. The molecule has 0 aliphatic carbocycles. The molecule has 0 unspecified atom stereocenters. The van der Waals surface area contributed by atoms with Gasteiger partial charge in [0.1, 0.15) is 11.3 Å². The Balaban J connectivity index is 2.02. The summed E-state index contributed by atoms with van der Waals surface area (Å²) in [5, 5.41) is 7.03. The van der Waals surface area contributed by atoms with Crippen molar-refractivity contribution in [2.45, 2.75) is 20.3 Å². The van der Waals surface area contributed by atoms with Gasteiger partial charge in [0.15, 0.2) is 0 Å². The number of rotatable bonds is 4. The minimum Gasteiger partial charge on any atom is -0.360 e. The van der Waals surface area contributed by atoms with Crippen LogP contribution in [0.5, 0.6) is 0 Å². The highest BCUT2D eigenvalue weighted by Crippen LogP contribution is 2.16. The third kappa shape index (κ3) is 3.41. The average molecular weight is 294 g/mol. The van der Waals surface area contributed by atoms with E-state index < -0.39 is 0 Å². The second-order valence-corrected chi connectivity index (χ2v) is 5.21. The van der Waals surface area contributed by atoms with E-state index in [1.165, 1.54) is 4.90 Å². The quantitative estimate of drug-likeness (QED) is 0.849. The van der Waals surface area contributed by atoms with Gasteiger partial charge in [0, 0.05) is 39.6 Å². The second kappa shape index (κ2) is 6.71. The van der Waals surface area contributed by atoms with Gasteiger partial charge in [-0.25, -0.2) is 0 Å². The summed E-state index contributed by atoms with van der Waals surface area (Å²) in [7, 11) is 1.63. The van der Waals surface area contributed by atoms with E-state index in [0.29, 0.717) is 36.5 Å². The van der Waals surface area contributed by atoms with Gasteiger partial charge in [-0.3, -0.25) is 9.59 Å². The van der Waals surface area contributed by atoms with Crippen LogP contribution in [0.15, 0.2) is 4.52 Å². The lowest BCUT2D eigenvalue weighted by Crippen LogP contribution is -2.49. The first-order valence-electron chi connectivity index (χ1n) is 7.23. The summed E-state index contributed by atoms with van der Waals surface area (Å²) in [6.07, 6.45) is 0.599. The Bertz CT molecular complexity index is 520. The molecule has 0 bridgehead atoms. The third-order valence-corrected chi connectivity index (χ3v) is 3.66. The van der Waals surface area contributed by atoms with Crippen LogP contribution in [0, 0.1) is 6.92 Å². The number of hydrogen-bond donors (Lipinski definition) is 1. The van der Waals surface area contributed by atoms with Crippen LogP contribution >= 0.6 is 0 Å². The molecule has 1 saturated heterocycles. The van der Waals surface area contributed by atoms with Crippen molar-refractivity contribution in [2.24, 2.45) is 0 Å². The predicted molar refractivity (Wildman–Crippen MR) is 77.0 cm³/mol. The van der Waals surface area contributed by atoms with Gasteiger partial charge >= 0.3 is 0 Å². The van der Waals surface area contributed by atoms with Crippen molar-refractivity contribution in [1.29, 1.82) is 0 Å². The van der Waals surface area contributed by atoms with Crippen molar-refractivity contribution in [2.75, 3.05) is 39.8 Å². The molecular weight excluding hydrogens is 272 g/mol. The topological polar surface area (TPSA) is 78.7 Å². The number of aromatic nitrogens is 1. The van der Waals surface area contributed by atoms with Crippen LogP contribution in [0.4, 0.5) is 0 Å². The largest absolute Gasteiger partial charge is 0.360 e. The highest BCUT2D eigenvalue weighted by atomic mass is 16.5. The molecule has 7 heteroatoms. The molecule has 2 amide bonds. The Morgan fingerprint density at radius 1 is 1.38 bits per heavy atom. The first-order valence-corrected chi connectivity index (χ1v) is 7.23. The molecule has 1 aliphatic heterocycles. The van der Waals surface area contributed by atoms with Crippen LogP contribution in [0.1, 0.15) is 28.7 Å². The molecule has 0 atom stereocenters. The fourth-order valence-electron chi connectivity index (χ4n) is 2.41. The predicted octanol–water partition coefficient (Wildman–Crippen LogP) is 0.0492. The van der Waals surface area contributed by atoms with Crippen molar-refractivity contribution in [1.82, 2.24) is 20.3 Å². The Morgan fingerprint density at radius 2 is 2.05 bits per heavy atom. The maximum Gasteiger partial charge on any atom is 0.259 e. The SMILES string of the molecule is CCc1onc(C)c1C(=O)N(C)CC(=O)N1CCNCC1. The molecule has 1 N–H and O–H groups in total. The molecule has 1 aromatic heterocycles. The van der Waals surface area contributed by atoms with E-state index in [9.17, 15) is 9.59 Å². The van der Waals surface area contributed by atoms with Crippen molar-refractivity contribution in [3.05, 3.63) is 17.0 Å². The van der Waals surface area contributed by atoms with Gasteiger partial charge in [0.2, 0.25) is 5.91 Å². The molecule has 2 heterocycles. The summed E-state index contributed by atoms with van der Waals surface area (Å²) in [5.74, 6) is 0.326. The second-order valence-electron chi connectivity index (χ2n) is 5.21. The highest BCUT2D eigenvalue weighted by molar-refractivity contribution is 5.98. The van der Waals surface area contributed by atoms with Gasteiger partial charge < -0.3 is 19.6 Å². The molecule has 116 valence electrons. The van der Waals surface area contributed by atoms with Gasteiger partial charge in [-0.05, 0) is 6.92 Å². The van der Waals surface area contributed by atoms with Gasteiger partial charge in [-0.1, -0.05) is 12.1 Å². The summed E-state index contributed by atoms with van der Waals surface area (Å²) in [5.41, 5.74) is 1.05. The standard InChI is InChI=1S/C14H22N4O3/c1-4-11-13(10(2)16-21-11)14(20)17(3)9-12(19)18-7-5-15-6-8-18/h15H,4-9H2,1-3H3. The van der Waals surface area contributed by atoms with Crippen LogP contribution in [-0.2, 0) is 11.2 Å². The molecule has 7 nitrogen and oxygen atoms in total. The summed E-state index contributed by atoms with van der Waals surface area (Å²) in [6, 6.07) is 0. The Morgan fingerprint density at radius 3 is 2.67 bits per heavy atom. The molecule has 21 heavy (non-hydrogen) atoms. The zero-order chi connectivity index (χ0) is 15.4. The van der Waals surface area contributed by atoms with Crippen molar-refractivity contribution in [3.8, 4) is 0 Å². The normalized spacial score (nSPS) is 15.1. The number of amides is 2. The van der Waals surface area contributed by atoms with Crippen molar-refractivity contribution >= 4 is 11.8 Å². The molecule has 0 radical (unpaired) electrons. The van der Waals surface area contributed by atoms with E-state index >= 15 is 0 Å². The number of nitrogens with one attached hydrogen (secondary N) is 1. The fraction of sp³-hybridized carbons (Fsp3) is 0.643. The number of aryl methyl sites for hydroxylation is 2. The zero-order valence-corrected chi connectivity index (χ0v) is 12.8. The first-order chi connectivity index (χ1) is 10.0. The minimum absolute atomic E-state index is 0.0282. The summed E-state index contributed by atoms with van der Waals surface area (Å²) < 4.78 is 5.14. The maximum absolute atomic E-state index is 12.5. The lowest BCUT2D eigenvalue weighted by atomic mass is 10.1. The Kier molecular flexibility index (Phi) is 4.95. The number of likely N-dealkylation sites (N-methyl/N-ethyl adjacent to an activating group) is 1. The monoisotopic (exact) mass is 294 g/mol. The van der Waals surface area contributed by atoms with Crippen LogP contribution in [0.3, 0.4) is 0 Å². The maximum atomic E-state index is 12.5. The lowest BCUT2D eigenvalue weighted by molar-refractivity contribution is -0.132.